The highest BCUT2D eigenvalue weighted by atomic mass is 32.2. The van der Waals surface area contributed by atoms with Crippen LogP contribution in [0.15, 0.2) is 53.4 Å². The molecule has 6 heteroatoms. The van der Waals surface area contributed by atoms with Crippen LogP contribution in [0.4, 0.5) is 0 Å². The van der Waals surface area contributed by atoms with Gasteiger partial charge in [-0.25, -0.2) is 13.1 Å². The number of carbonyl (C=O) groups excluding carboxylic acids is 1. The number of rotatable bonds is 7. The molecule has 1 unspecified atom stereocenters. The monoisotopic (exact) mass is 374 g/mol. The molecule has 26 heavy (non-hydrogen) atoms. The van der Waals surface area contributed by atoms with Crippen molar-refractivity contribution in [3.8, 4) is 0 Å². The van der Waals surface area contributed by atoms with Crippen molar-refractivity contribution in [3.63, 3.8) is 0 Å². The summed E-state index contributed by atoms with van der Waals surface area (Å²) < 4.78 is 27.2. The Balaban J connectivity index is 2.12. The first-order valence-electron chi connectivity index (χ1n) is 8.67. The van der Waals surface area contributed by atoms with E-state index in [4.69, 9.17) is 0 Å². The molecule has 2 aromatic carbocycles. The Kier molecular flexibility index (Phi) is 6.56. The number of hydrogen-bond donors (Lipinski definition) is 1. The van der Waals surface area contributed by atoms with Crippen molar-refractivity contribution in [2.45, 2.75) is 44.7 Å². The van der Waals surface area contributed by atoms with Crippen LogP contribution < -0.4 is 4.72 Å². The largest absolute Gasteiger partial charge is 0.337 e. The molecule has 0 saturated heterocycles. The molecular formula is C20H26N2O3S. The molecule has 1 atom stereocenters. The van der Waals surface area contributed by atoms with E-state index in [-0.39, 0.29) is 16.8 Å². The summed E-state index contributed by atoms with van der Waals surface area (Å²) in [6.07, 6.45) is 0.708. The fourth-order valence-corrected chi connectivity index (χ4v) is 3.85. The minimum atomic E-state index is -3.56. The Bertz CT molecular complexity index is 861. The van der Waals surface area contributed by atoms with Gasteiger partial charge in [0.25, 0.3) is 5.91 Å². The zero-order chi connectivity index (χ0) is 19.3. The fourth-order valence-electron chi connectivity index (χ4n) is 2.53. The SMILES string of the molecule is CCC(C)NS(=O)(=O)c1ccc(C(=O)N(C)Cc2ccccc2C)cc1. The summed E-state index contributed by atoms with van der Waals surface area (Å²) in [4.78, 5) is 14.4. The van der Waals surface area contributed by atoms with Crippen molar-refractivity contribution in [3.05, 3.63) is 65.2 Å². The molecular weight excluding hydrogens is 348 g/mol. The smallest absolute Gasteiger partial charge is 0.253 e. The third-order valence-corrected chi connectivity index (χ3v) is 6.00. The lowest BCUT2D eigenvalue weighted by Gasteiger charge is -2.19. The van der Waals surface area contributed by atoms with Crippen molar-refractivity contribution in [2.24, 2.45) is 0 Å². The van der Waals surface area contributed by atoms with E-state index in [0.717, 1.165) is 11.1 Å². The molecule has 0 heterocycles. The number of benzene rings is 2. The summed E-state index contributed by atoms with van der Waals surface area (Å²) in [6, 6.07) is 13.8. The Morgan fingerprint density at radius 2 is 1.73 bits per heavy atom. The molecule has 0 saturated carbocycles. The Morgan fingerprint density at radius 1 is 1.12 bits per heavy atom. The van der Waals surface area contributed by atoms with Crippen LogP contribution in [0.2, 0.25) is 0 Å². The Labute approximate surface area is 156 Å². The zero-order valence-electron chi connectivity index (χ0n) is 15.7. The van der Waals surface area contributed by atoms with Crippen molar-refractivity contribution in [1.29, 1.82) is 0 Å². The number of aryl methyl sites for hydroxylation is 1. The number of carbonyl (C=O) groups is 1. The van der Waals surface area contributed by atoms with E-state index in [9.17, 15) is 13.2 Å². The number of sulfonamides is 1. The topological polar surface area (TPSA) is 66.5 Å². The van der Waals surface area contributed by atoms with Crippen molar-refractivity contribution in [1.82, 2.24) is 9.62 Å². The highest BCUT2D eigenvalue weighted by Gasteiger charge is 2.18. The average molecular weight is 375 g/mol. The standard InChI is InChI=1S/C20H26N2O3S/c1-5-16(3)21-26(24,25)19-12-10-17(11-13-19)20(23)22(4)14-18-9-7-6-8-15(18)2/h6-13,16,21H,5,14H2,1-4H3. The average Bonchev–Trinajstić information content (AvgIpc) is 2.62. The second-order valence-electron chi connectivity index (χ2n) is 6.54. The van der Waals surface area contributed by atoms with Crippen LogP contribution in [0.5, 0.6) is 0 Å². The number of hydrogen-bond acceptors (Lipinski definition) is 3. The van der Waals surface area contributed by atoms with Gasteiger partial charge < -0.3 is 4.90 Å². The first-order chi connectivity index (χ1) is 12.2. The summed E-state index contributed by atoms with van der Waals surface area (Å²) in [5, 5.41) is 0. The van der Waals surface area contributed by atoms with Gasteiger partial charge in [0.1, 0.15) is 0 Å². The first kappa shape index (κ1) is 20.1. The summed E-state index contributed by atoms with van der Waals surface area (Å²) in [5.41, 5.74) is 2.67. The fraction of sp³-hybridized carbons (Fsp3) is 0.350. The number of amides is 1. The molecule has 0 bridgehead atoms. The third kappa shape index (κ3) is 4.93. The molecule has 1 amide bonds. The van der Waals surface area contributed by atoms with E-state index in [2.05, 4.69) is 4.72 Å². The van der Waals surface area contributed by atoms with Gasteiger partial charge in [-0.1, -0.05) is 31.2 Å². The predicted molar refractivity (Wildman–Crippen MR) is 103 cm³/mol. The summed E-state index contributed by atoms with van der Waals surface area (Å²) in [6.45, 7) is 6.24. The van der Waals surface area contributed by atoms with E-state index >= 15 is 0 Å². The lowest BCUT2D eigenvalue weighted by Crippen LogP contribution is -2.32. The van der Waals surface area contributed by atoms with E-state index < -0.39 is 10.0 Å². The third-order valence-electron chi connectivity index (χ3n) is 4.40. The highest BCUT2D eigenvalue weighted by Crippen LogP contribution is 2.15. The Hall–Kier alpha value is -2.18. The van der Waals surface area contributed by atoms with E-state index in [1.807, 2.05) is 45.0 Å². The van der Waals surface area contributed by atoms with Gasteiger partial charge in [-0.05, 0) is 55.7 Å². The van der Waals surface area contributed by atoms with Gasteiger partial charge in [0.05, 0.1) is 4.90 Å². The predicted octanol–water partition coefficient (Wildman–Crippen LogP) is 3.34. The molecule has 0 fully saturated rings. The molecule has 2 rings (SSSR count). The van der Waals surface area contributed by atoms with Crippen LogP contribution in [-0.4, -0.2) is 32.3 Å². The van der Waals surface area contributed by atoms with Crippen LogP contribution in [0.25, 0.3) is 0 Å². The van der Waals surface area contributed by atoms with Gasteiger partial charge in [-0.2, -0.15) is 0 Å². The van der Waals surface area contributed by atoms with Crippen LogP contribution in [0, 0.1) is 6.92 Å². The Morgan fingerprint density at radius 3 is 2.31 bits per heavy atom. The van der Waals surface area contributed by atoms with E-state index in [0.29, 0.717) is 18.5 Å². The zero-order valence-corrected chi connectivity index (χ0v) is 16.5. The molecule has 0 spiro atoms. The van der Waals surface area contributed by atoms with Crippen molar-refractivity contribution in [2.75, 3.05) is 7.05 Å². The molecule has 140 valence electrons. The summed E-state index contributed by atoms with van der Waals surface area (Å²) >= 11 is 0. The van der Waals surface area contributed by atoms with E-state index in [1.165, 1.54) is 12.1 Å². The maximum absolute atomic E-state index is 12.6. The van der Waals surface area contributed by atoms with Crippen LogP contribution in [0.1, 0.15) is 41.8 Å². The lowest BCUT2D eigenvalue weighted by atomic mass is 10.1. The van der Waals surface area contributed by atoms with Gasteiger partial charge in [-0.15, -0.1) is 0 Å². The second kappa shape index (κ2) is 8.47. The van der Waals surface area contributed by atoms with Crippen LogP contribution in [-0.2, 0) is 16.6 Å². The second-order valence-corrected chi connectivity index (χ2v) is 8.26. The van der Waals surface area contributed by atoms with Gasteiger partial charge >= 0.3 is 0 Å². The maximum atomic E-state index is 12.6. The molecule has 0 radical (unpaired) electrons. The minimum Gasteiger partial charge on any atom is -0.337 e. The number of nitrogens with one attached hydrogen (secondary N) is 1. The lowest BCUT2D eigenvalue weighted by molar-refractivity contribution is 0.0785. The quantitative estimate of drug-likeness (QED) is 0.808. The van der Waals surface area contributed by atoms with Gasteiger partial charge in [0.2, 0.25) is 10.0 Å². The van der Waals surface area contributed by atoms with Gasteiger partial charge in [-0.3, -0.25) is 4.79 Å². The summed E-state index contributed by atoms with van der Waals surface area (Å²) in [7, 11) is -1.82. The molecule has 0 aromatic heterocycles. The number of nitrogens with zero attached hydrogens (tertiary/aromatic N) is 1. The van der Waals surface area contributed by atoms with E-state index in [1.54, 1.807) is 24.1 Å². The van der Waals surface area contributed by atoms with Crippen molar-refractivity contribution < 1.29 is 13.2 Å². The molecule has 0 aliphatic heterocycles. The maximum Gasteiger partial charge on any atom is 0.253 e. The first-order valence-corrected chi connectivity index (χ1v) is 10.1. The molecule has 1 N–H and O–H groups in total. The van der Waals surface area contributed by atoms with Gasteiger partial charge in [0.15, 0.2) is 0 Å². The van der Waals surface area contributed by atoms with Crippen LogP contribution >= 0.6 is 0 Å². The van der Waals surface area contributed by atoms with Crippen LogP contribution in [0.3, 0.4) is 0 Å². The molecule has 0 aliphatic carbocycles. The minimum absolute atomic E-state index is 0.137. The molecule has 0 aliphatic rings. The molecule has 2 aromatic rings. The normalized spacial score (nSPS) is 12.6. The molecule has 5 nitrogen and oxygen atoms in total. The van der Waals surface area contributed by atoms with Gasteiger partial charge in [0, 0.05) is 25.2 Å². The summed E-state index contributed by atoms with van der Waals surface area (Å²) in [5.74, 6) is -0.146. The highest BCUT2D eigenvalue weighted by molar-refractivity contribution is 7.89. The van der Waals surface area contributed by atoms with Crippen molar-refractivity contribution >= 4 is 15.9 Å².